The van der Waals surface area contributed by atoms with Gasteiger partial charge in [-0.05, 0) is 12.8 Å². The van der Waals surface area contributed by atoms with Crippen LogP contribution >= 0.6 is 11.6 Å². The SMILES string of the molecule is CC(=O)OC1CCN(CCCl)CC1. The van der Waals surface area contributed by atoms with Gasteiger partial charge in [0.25, 0.3) is 0 Å². The molecule has 0 aromatic rings. The van der Waals surface area contributed by atoms with Crippen molar-refractivity contribution in [3.05, 3.63) is 0 Å². The highest BCUT2D eigenvalue weighted by Gasteiger charge is 2.20. The van der Waals surface area contributed by atoms with E-state index >= 15 is 0 Å². The molecule has 76 valence electrons. The van der Waals surface area contributed by atoms with Crippen molar-refractivity contribution in [1.82, 2.24) is 4.90 Å². The minimum atomic E-state index is -0.171. The highest BCUT2D eigenvalue weighted by Crippen LogP contribution is 2.13. The molecule has 0 radical (unpaired) electrons. The van der Waals surface area contributed by atoms with Gasteiger partial charge in [-0.25, -0.2) is 0 Å². The lowest BCUT2D eigenvalue weighted by molar-refractivity contribution is -0.148. The van der Waals surface area contributed by atoms with Gasteiger partial charge in [-0.15, -0.1) is 11.6 Å². The largest absolute Gasteiger partial charge is 0.462 e. The minimum absolute atomic E-state index is 0.129. The van der Waals surface area contributed by atoms with Crippen molar-refractivity contribution in [3.63, 3.8) is 0 Å². The molecule has 1 saturated heterocycles. The zero-order valence-electron chi connectivity index (χ0n) is 7.96. The fraction of sp³-hybridized carbons (Fsp3) is 0.889. The van der Waals surface area contributed by atoms with Gasteiger partial charge in [-0.1, -0.05) is 0 Å². The summed E-state index contributed by atoms with van der Waals surface area (Å²) >= 11 is 5.63. The standard InChI is InChI=1S/C9H16ClNO2/c1-8(12)13-9-2-5-11(6-3-9)7-4-10/h9H,2-7H2,1H3. The summed E-state index contributed by atoms with van der Waals surface area (Å²) in [5.74, 6) is 0.508. The number of hydrogen-bond donors (Lipinski definition) is 0. The second kappa shape index (κ2) is 5.45. The second-order valence-electron chi connectivity index (χ2n) is 3.34. The van der Waals surface area contributed by atoms with Crippen LogP contribution in [0, 0.1) is 0 Å². The molecule has 0 N–H and O–H groups in total. The van der Waals surface area contributed by atoms with Gasteiger partial charge in [-0.3, -0.25) is 4.79 Å². The summed E-state index contributed by atoms with van der Waals surface area (Å²) in [5.41, 5.74) is 0. The number of hydrogen-bond acceptors (Lipinski definition) is 3. The van der Waals surface area contributed by atoms with E-state index in [0.29, 0.717) is 5.88 Å². The molecular weight excluding hydrogens is 190 g/mol. The Bertz CT molecular complexity index is 167. The van der Waals surface area contributed by atoms with Gasteiger partial charge in [0.2, 0.25) is 0 Å². The molecule has 1 aliphatic heterocycles. The smallest absolute Gasteiger partial charge is 0.302 e. The van der Waals surface area contributed by atoms with Crippen molar-refractivity contribution >= 4 is 17.6 Å². The first-order valence-electron chi connectivity index (χ1n) is 4.68. The summed E-state index contributed by atoms with van der Waals surface area (Å²) in [6, 6.07) is 0. The Morgan fingerprint density at radius 1 is 1.54 bits per heavy atom. The monoisotopic (exact) mass is 205 g/mol. The first-order chi connectivity index (χ1) is 6.22. The van der Waals surface area contributed by atoms with Crippen LogP contribution in [0.15, 0.2) is 0 Å². The molecule has 3 nitrogen and oxygen atoms in total. The summed E-state index contributed by atoms with van der Waals surface area (Å²) in [5, 5.41) is 0. The predicted octanol–water partition coefficient (Wildman–Crippen LogP) is 1.25. The molecule has 1 aliphatic rings. The highest BCUT2D eigenvalue weighted by molar-refractivity contribution is 6.18. The third-order valence-electron chi connectivity index (χ3n) is 2.27. The van der Waals surface area contributed by atoms with Gasteiger partial charge in [0.05, 0.1) is 0 Å². The van der Waals surface area contributed by atoms with Crippen LogP contribution in [0.1, 0.15) is 19.8 Å². The van der Waals surface area contributed by atoms with Gasteiger partial charge in [0, 0.05) is 32.4 Å². The van der Waals surface area contributed by atoms with Crippen molar-refractivity contribution in [3.8, 4) is 0 Å². The van der Waals surface area contributed by atoms with Crippen LogP contribution in [0.25, 0.3) is 0 Å². The number of carbonyl (C=O) groups excluding carboxylic acids is 1. The van der Waals surface area contributed by atoms with E-state index in [0.717, 1.165) is 32.5 Å². The molecule has 13 heavy (non-hydrogen) atoms. The maximum absolute atomic E-state index is 10.7. The van der Waals surface area contributed by atoms with Crippen molar-refractivity contribution in [2.45, 2.75) is 25.9 Å². The Kier molecular flexibility index (Phi) is 4.53. The normalized spacial score (nSPS) is 20.2. The number of nitrogens with zero attached hydrogens (tertiary/aromatic N) is 1. The summed E-state index contributed by atoms with van der Waals surface area (Å²) < 4.78 is 5.12. The minimum Gasteiger partial charge on any atom is -0.462 e. The third kappa shape index (κ3) is 3.96. The van der Waals surface area contributed by atoms with E-state index in [2.05, 4.69) is 4.90 Å². The Morgan fingerprint density at radius 2 is 2.15 bits per heavy atom. The summed E-state index contributed by atoms with van der Waals surface area (Å²) in [6.45, 7) is 4.38. The van der Waals surface area contributed by atoms with Crippen LogP contribution < -0.4 is 0 Å². The van der Waals surface area contributed by atoms with E-state index in [1.165, 1.54) is 6.92 Å². The average Bonchev–Trinajstić information content (AvgIpc) is 2.08. The van der Waals surface area contributed by atoms with Crippen LogP contribution in [0.2, 0.25) is 0 Å². The summed E-state index contributed by atoms with van der Waals surface area (Å²) in [7, 11) is 0. The second-order valence-corrected chi connectivity index (χ2v) is 3.72. The van der Waals surface area contributed by atoms with Gasteiger partial charge in [-0.2, -0.15) is 0 Å². The number of esters is 1. The first-order valence-corrected chi connectivity index (χ1v) is 5.21. The molecular formula is C9H16ClNO2. The van der Waals surface area contributed by atoms with Gasteiger partial charge < -0.3 is 9.64 Å². The van der Waals surface area contributed by atoms with Crippen LogP contribution in [-0.2, 0) is 9.53 Å². The van der Waals surface area contributed by atoms with Crippen LogP contribution in [0.5, 0.6) is 0 Å². The topological polar surface area (TPSA) is 29.5 Å². The molecule has 0 saturated carbocycles. The molecule has 0 unspecified atom stereocenters. The quantitative estimate of drug-likeness (QED) is 0.513. The van der Waals surface area contributed by atoms with Gasteiger partial charge in [0.1, 0.15) is 6.10 Å². The van der Waals surface area contributed by atoms with E-state index in [1.54, 1.807) is 0 Å². The van der Waals surface area contributed by atoms with Gasteiger partial charge >= 0.3 is 5.97 Å². The Morgan fingerprint density at radius 3 is 2.62 bits per heavy atom. The molecule has 1 rings (SSSR count). The number of rotatable bonds is 3. The van der Waals surface area contributed by atoms with E-state index < -0.39 is 0 Å². The zero-order chi connectivity index (χ0) is 9.68. The Balaban J connectivity index is 2.18. The lowest BCUT2D eigenvalue weighted by Gasteiger charge is -2.30. The van der Waals surface area contributed by atoms with E-state index in [1.807, 2.05) is 0 Å². The number of ether oxygens (including phenoxy) is 1. The molecule has 0 aromatic carbocycles. The van der Waals surface area contributed by atoms with Crippen LogP contribution in [0.4, 0.5) is 0 Å². The third-order valence-corrected chi connectivity index (χ3v) is 2.44. The summed E-state index contributed by atoms with van der Waals surface area (Å²) in [6.07, 6.45) is 2.01. The van der Waals surface area contributed by atoms with Crippen molar-refractivity contribution in [2.24, 2.45) is 0 Å². The lowest BCUT2D eigenvalue weighted by atomic mass is 10.1. The molecule has 0 atom stereocenters. The van der Waals surface area contributed by atoms with E-state index in [9.17, 15) is 4.79 Å². The Labute approximate surface area is 84.0 Å². The predicted molar refractivity (Wildman–Crippen MR) is 51.9 cm³/mol. The highest BCUT2D eigenvalue weighted by atomic mass is 35.5. The molecule has 4 heteroatoms. The number of alkyl halides is 1. The zero-order valence-corrected chi connectivity index (χ0v) is 8.72. The van der Waals surface area contributed by atoms with Crippen LogP contribution in [-0.4, -0.2) is 42.5 Å². The number of halogens is 1. The van der Waals surface area contributed by atoms with Crippen molar-refractivity contribution in [1.29, 1.82) is 0 Å². The molecule has 1 heterocycles. The number of piperidine rings is 1. The molecule has 0 aromatic heterocycles. The number of likely N-dealkylation sites (tertiary alicyclic amines) is 1. The molecule has 1 fully saturated rings. The summed E-state index contributed by atoms with van der Waals surface area (Å²) in [4.78, 5) is 13.0. The first kappa shape index (κ1) is 10.8. The maximum Gasteiger partial charge on any atom is 0.302 e. The fourth-order valence-corrected chi connectivity index (χ4v) is 1.84. The Hall–Kier alpha value is -0.280. The van der Waals surface area contributed by atoms with E-state index in [-0.39, 0.29) is 12.1 Å². The average molecular weight is 206 g/mol. The van der Waals surface area contributed by atoms with E-state index in [4.69, 9.17) is 16.3 Å². The maximum atomic E-state index is 10.7. The fourth-order valence-electron chi connectivity index (χ4n) is 1.60. The number of carbonyl (C=O) groups is 1. The van der Waals surface area contributed by atoms with Crippen molar-refractivity contribution in [2.75, 3.05) is 25.5 Å². The molecule has 0 amide bonds. The lowest BCUT2D eigenvalue weighted by Crippen LogP contribution is -2.38. The van der Waals surface area contributed by atoms with Gasteiger partial charge in [0.15, 0.2) is 0 Å². The van der Waals surface area contributed by atoms with Crippen LogP contribution in [0.3, 0.4) is 0 Å². The molecule has 0 bridgehead atoms. The molecule has 0 spiro atoms. The molecule has 0 aliphatic carbocycles. The van der Waals surface area contributed by atoms with Crippen molar-refractivity contribution < 1.29 is 9.53 Å².